The molecule has 0 aliphatic rings. The van der Waals surface area contributed by atoms with Gasteiger partial charge in [-0.2, -0.15) is 0 Å². The second kappa shape index (κ2) is 5.81. The Morgan fingerprint density at radius 1 is 1.42 bits per heavy atom. The van der Waals surface area contributed by atoms with E-state index in [0.717, 1.165) is 4.88 Å². The van der Waals surface area contributed by atoms with Crippen molar-refractivity contribution in [3.8, 4) is 0 Å². The Bertz CT molecular complexity index is 613. The molecule has 2 aromatic rings. The first-order valence-corrected chi connectivity index (χ1v) is 6.58. The fraction of sp³-hybridized carbons (Fsp3) is 0.0833. The molecule has 1 N–H and O–H groups in total. The molecule has 0 aliphatic carbocycles. The molecule has 7 heteroatoms. The van der Waals surface area contributed by atoms with Crippen molar-refractivity contribution in [3.63, 3.8) is 0 Å². The van der Waals surface area contributed by atoms with Gasteiger partial charge in [-0.15, -0.1) is 11.3 Å². The molecule has 2 rings (SSSR count). The lowest BCUT2D eigenvalue weighted by Crippen LogP contribution is -2.23. The zero-order valence-corrected chi connectivity index (χ0v) is 11.2. The summed E-state index contributed by atoms with van der Waals surface area (Å²) in [5.74, 6) is -0.511. The minimum absolute atomic E-state index is 0.0333. The summed E-state index contributed by atoms with van der Waals surface area (Å²) in [4.78, 5) is 23.2. The van der Waals surface area contributed by atoms with E-state index in [1.807, 2.05) is 17.5 Å². The number of hydrogen-bond donors (Lipinski definition) is 1. The average molecular weight is 297 g/mol. The molecular formula is C12H9ClN2O3S. The van der Waals surface area contributed by atoms with Crippen LogP contribution in [-0.2, 0) is 6.54 Å². The van der Waals surface area contributed by atoms with Crippen molar-refractivity contribution >= 4 is 34.5 Å². The third kappa shape index (κ3) is 3.30. The number of carbonyl (C=O) groups is 1. The molecule has 0 atom stereocenters. The van der Waals surface area contributed by atoms with Crippen LogP contribution in [0.5, 0.6) is 0 Å². The molecule has 0 bridgehead atoms. The first kappa shape index (κ1) is 13.5. The number of halogens is 1. The van der Waals surface area contributed by atoms with Gasteiger partial charge in [-0.3, -0.25) is 14.9 Å². The van der Waals surface area contributed by atoms with Crippen LogP contribution in [0.3, 0.4) is 0 Å². The van der Waals surface area contributed by atoms with Crippen LogP contribution in [0.4, 0.5) is 5.69 Å². The van der Waals surface area contributed by atoms with Gasteiger partial charge in [-0.25, -0.2) is 0 Å². The fourth-order valence-electron chi connectivity index (χ4n) is 1.53. The van der Waals surface area contributed by atoms with Crippen LogP contribution < -0.4 is 5.32 Å². The van der Waals surface area contributed by atoms with Gasteiger partial charge in [-0.1, -0.05) is 17.7 Å². The number of benzene rings is 1. The van der Waals surface area contributed by atoms with Gasteiger partial charge in [-0.05, 0) is 23.6 Å². The van der Waals surface area contributed by atoms with Gasteiger partial charge < -0.3 is 5.32 Å². The summed E-state index contributed by atoms with van der Waals surface area (Å²) < 4.78 is 0. The van der Waals surface area contributed by atoms with Crippen LogP contribution in [0.1, 0.15) is 15.2 Å². The number of carbonyl (C=O) groups excluding carboxylic acids is 1. The van der Waals surface area contributed by atoms with Crippen LogP contribution in [0.15, 0.2) is 35.7 Å². The number of rotatable bonds is 4. The molecular weight excluding hydrogens is 288 g/mol. The van der Waals surface area contributed by atoms with E-state index in [9.17, 15) is 14.9 Å². The summed E-state index contributed by atoms with van der Waals surface area (Å²) in [6.07, 6.45) is 0. The summed E-state index contributed by atoms with van der Waals surface area (Å²) in [5.41, 5.74) is -0.290. The molecule has 0 spiro atoms. The second-order valence-electron chi connectivity index (χ2n) is 3.68. The van der Waals surface area contributed by atoms with Gasteiger partial charge in [0.1, 0.15) is 5.56 Å². The predicted octanol–water partition coefficient (Wildman–Crippen LogP) is 3.24. The molecule has 98 valence electrons. The van der Waals surface area contributed by atoms with Gasteiger partial charge in [0.25, 0.3) is 11.6 Å². The predicted molar refractivity (Wildman–Crippen MR) is 73.6 cm³/mol. The smallest absolute Gasteiger partial charge is 0.282 e. The molecule has 0 radical (unpaired) electrons. The molecule has 5 nitrogen and oxygen atoms in total. The maximum Gasteiger partial charge on any atom is 0.282 e. The lowest BCUT2D eigenvalue weighted by atomic mass is 10.1. The highest BCUT2D eigenvalue weighted by atomic mass is 35.5. The number of nitrogens with one attached hydrogen (secondary N) is 1. The highest BCUT2D eigenvalue weighted by molar-refractivity contribution is 7.09. The maximum absolute atomic E-state index is 11.9. The molecule has 0 fully saturated rings. The third-order valence-corrected chi connectivity index (χ3v) is 3.51. The van der Waals surface area contributed by atoms with Crippen molar-refractivity contribution in [2.75, 3.05) is 0 Å². The topological polar surface area (TPSA) is 72.2 Å². The second-order valence-corrected chi connectivity index (χ2v) is 5.15. The van der Waals surface area contributed by atoms with Gasteiger partial charge in [0.05, 0.1) is 11.5 Å². The molecule has 1 aromatic heterocycles. The molecule has 1 heterocycles. The van der Waals surface area contributed by atoms with E-state index in [1.54, 1.807) is 0 Å². The lowest BCUT2D eigenvalue weighted by Gasteiger charge is -2.05. The zero-order chi connectivity index (χ0) is 13.8. The molecule has 19 heavy (non-hydrogen) atoms. The van der Waals surface area contributed by atoms with Gasteiger partial charge in [0.2, 0.25) is 0 Å². The van der Waals surface area contributed by atoms with Crippen LogP contribution in [0.25, 0.3) is 0 Å². The van der Waals surface area contributed by atoms with Crippen molar-refractivity contribution < 1.29 is 9.72 Å². The Morgan fingerprint density at radius 2 is 2.21 bits per heavy atom. The van der Waals surface area contributed by atoms with E-state index < -0.39 is 10.8 Å². The van der Waals surface area contributed by atoms with Gasteiger partial charge in [0, 0.05) is 16.0 Å². The maximum atomic E-state index is 11.9. The van der Waals surface area contributed by atoms with Crippen molar-refractivity contribution in [3.05, 3.63) is 61.3 Å². The Hall–Kier alpha value is -1.92. The van der Waals surface area contributed by atoms with E-state index >= 15 is 0 Å². The van der Waals surface area contributed by atoms with Crippen molar-refractivity contribution in [1.82, 2.24) is 5.32 Å². The minimum Gasteiger partial charge on any atom is -0.347 e. The summed E-state index contributed by atoms with van der Waals surface area (Å²) in [7, 11) is 0. The number of nitro benzene ring substituents is 1. The summed E-state index contributed by atoms with van der Waals surface area (Å²) in [5, 5.41) is 15.7. The Kier molecular flexibility index (Phi) is 4.13. The normalized spacial score (nSPS) is 10.2. The van der Waals surface area contributed by atoms with Crippen LogP contribution in [0, 0.1) is 10.1 Å². The number of amides is 1. The van der Waals surface area contributed by atoms with Crippen molar-refractivity contribution in [1.29, 1.82) is 0 Å². The Labute approximate surface area is 118 Å². The SMILES string of the molecule is O=C(NCc1cccs1)c1cc(Cl)ccc1[N+](=O)[O-]. The zero-order valence-electron chi connectivity index (χ0n) is 9.63. The lowest BCUT2D eigenvalue weighted by molar-refractivity contribution is -0.385. The van der Waals surface area contributed by atoms with E-state index in [-0.39, 0.29) is 16.3 Å². The quantitative estimate of drug-likeness (QED) is 0.695. The van der Waals surface area contributed by atoms with Gasteiger partial charge >= 0.3 is 0 Å². The fourth-order valence-corrected chi connectivity index (χ4v) is 2.34. The molecule has 1 amide bonds. The van der Waals surface area contributed by atoms with Crippen molar-refractivity contribution in [2.45, 2.75) is 6.54 Å². The highest BCUT2D eigenvalue weighted by Crippen LogP contribution is 2.22. The molecule has 0 saturated carbocycles. The van der Waals surface area contributed by atoms with Crippen LogP contribution in [0.2, 0.25) is 5.02 Å². The Balaban J connectivity index is 2.18. The first-order valence-electron chi connectivity index (χ1n) is 5.32. The van der Waals surface area contributed by atoms with E-state index in [1.165, 1.54) is 29.5 Å². The molecule has 0 saturated heterocycles. The largest absolute Gasteiger partial charge is 0.347 e. The minimum atomic E-state index is -0.601. The summed E-state index contributed by atoms with van der Waals surface area (Å²) in [6.45, 7) is 0.333. The number of thiophene rings is 1. The molecule has 1 aromatic carbocycles. The first-order chi connectivity index (χ1) is 9.08. The number of hydrogen-bond acceptors (Lipinski definition) is 4. The number of nitro groups is 1. The molecule has 0 aliphatic heterocycles. The Morgan fingerprint density at radius 3 is 2.84 bits per heavy atom. The van der Waals surface area contributed by atoms with Crippen LogP contribution >= 0.6 is 22.9 Å². The van der Waals surface area contributed by atoms with E-state index in [4.69, 9.17) is 11.6 Å². The summed E-state index contributed by atoms with van der Waals surface area (Å²) >= 11 is 7.26. The van der Waals surface area contributed by atoms with Crippen molar-refractivity contribution in [2.24, 2.45) is 0 Å². The molecule has 0 unspecified atom stereocenters. The van der Waals surface area contributed by atoms with E-state index in [2.05, 4.69) is 5.32 Å². The van der Waals surface area contributed by atoms with E-state index in [0.29, 0.717) is 6.54 Å². The monoisotopic (exact) mass is 296 g/mol. The number of nitrogens with zero attached hydrogens (tertiary/aromatic N) is 1. The van der Waals surface area contributed by atoms with Crippen LogP contribution in [-0.4, -0.2) is 10.8 Å². The average Bonchev–Trinajstić information content (AvgIpc) is 2.88. The summed E-state index contributed by atoms with van der Waals surface area (Å²) in [6, 6.07) is 7.65. The highest BCUT2D eigenvalue weighted by Gasteiger charge is 2.20. The third-order valence-electron chi connectivity index (χ3n) is 2.40. The van der Waals surface area contributed by atoms with Gasteiger partial charge in [0.15, 0.2) is 0 Å². The standard InChI is InChI=1S/C12H9ClN2O3S/c13-8-3-4-11(15(17)18)10(6-8)12(16)14-7-9-2-1-5-19-9/h1-6H,7H2,(H,14,16).